The molecule has 5 nitrogen and oxygen atoms in total. The molecule has 120 valence electrons. The third-order valence-corrected chi connectivity index (χ3v) is 4.40. The molecule has 24 heavy (non-hydrogen) atoms. The summed E-state index contributed by atoms with van der Waals surface area (Å²) in [4.78, 5) is 14.2. The first kappa shape index (κ1) is 14.5. The molecule has 4 rings (SSSR count). The van der Waals surface area contributed by atoms with Crippen LogP contribution in [0.25, 0.3) is 27.7 Å². The van der Waals surface area contributed by atoms with E-state index in [-0.39, 0.29) is 5.69 Å². The summed E-state index contributed by atoms with van der Waals surface area (Å²) in [5, 5.41) is 7.67. The molecular weight excluding hydrogens is 300 g/mol. The molecule has 0 aliphatic carbocycles. The van der Waals surface area contributed by atoms with Crippen molar-refractivity contribution < 1.29 is 0 Å². The fraction of sp³-hybridized carbons (Fsp3) is 0.158. The van der Waals surface area contributed by atoms with Gasteiger partial charge in [-0.2, -0.15) is 5.10 Å². The van der Waals surface area contributed by atoms with Crippen LogP contribution in [0.2, 0.25) is 0 Å². The second-order valence-corrected chi connectivity index (χ2v) is 6.23. The lowest BCUT2D eigenvalue weighted by Gasteiger charge is -2.14. The SMILES string of the molecule is Cc1cc2n[nH]c(=O)n2c2cc(-c3cccc(N(C)C)c3)ccc12. The summed E-state index contributed by atoms with van der Waals surface area (Å²) >= 11 is 0. The number of rotatable bonds is 2. The average Bonchev–Trinajstić information content (AvgIpc) is 2.95. The number of nitrogens with zero attached hydrogens (tertiary/aromatic N) is 3. The highest BCUT2D eigenvalue weighted by atomic mass is 16.1. The first-order valence-electron chi connectivity index (χ1n) is 7.83. The Hall–Kier alpha value is -3.08. The molecule has 0 bridgehead atoms. The second kappa shape index (κ2) is 5.23. The van der Waals surface area contributed by atoms with Crippen molar-refractivity contribution in [3.05, 3.63) is 64.6 Å². The molecular formula is C19H18N4O. The molecule has 0 fully saturated rings. The quantitative estimate of drug-likeness (QED) is 0.617. The van der Waals surface area contributed by atoms with Gasteiger partial charge in [-0.25, -0.2) is 14.3 Å². The number of nitrogens with one attached hydrogen (secondary N) is 1. The van der Waals surface area contributed by atoms with E-state index in [2.05, 4.69) is 51.5 Å². The maximum atomic E-state index is 12.1. The highest BCUT2D eigenvalue weighted by Gasteiger charge is 2.10. The maximum absolute atomic E-state index is 12.1. The first-order chi connectivity index (χ1) is 11.5. The van der Waals surface area contributed by atoms with Crippen LogP contribution in [0.1, 0.15) is 5.56 Å². The Morgan fingerprint density at radius 3 is 2.62 bits per heavy atom. The highest BCUT2D eigenvalue weighted by Crippen LogP contribution is 2.28. The van der Waals surface area contributed by atoms with Gasteiger partial charge >= 0.3 is 5.69 Å². The molecule has 1 N–H and O–H groups in total. The van der Waals surface area contributed by atoms with Gasteiger partial charge in [0, 0.05) is 25.2 Å². The molecule has 0 spiro atoms. The molecule has 0 saturated carbocycles. The fourth-order valence-corrected chi connectivity index (χ4v) is 3.10. The first-order valence-corrected chi connectivity index (χ1v) is 7.83. The Bertz CT molecular complexity index is 1120. The van der Waals surface area contributed by atoms with E-state index < -0.39 is 0 Å². The summed E-state index contributed by atoms with van der Waals surface area (Å²) in [7, 11) is 4.05. The van der Waals surface area contributed by atoms with Crippen LogP contribution in [0.5, 0.6) is 0 Å². The number of anilines is 1. The van der Waals surface area contributed by atoms with Crippen molar-refractivity contribution in [3.63, 3.8) is 0 Å². The summed E-state index contributed by atoms with van der Waals surface area (Å²) in [6.45, 7) is 2.04. The predicted octanol–water partition coefficient (Wildman–Crippen LogP) is 3.22. The second-order valence-electron chi connectivity index (χ2n) is 6.23. The number of pyridine rings is 1. The summed E-state index contributed by atoms with van der Waals surface area (Å²) in [5.41, 5.74) is 5.74. The van der Waals surface area contributed by atoms with Crippen LogP contribution in [0.3, 0.4) is 0 Å². The van der Waals surface area contributed by atoms with Gasteiger partial charge in [0.2, 0.25) is 0 Å². The van der Waals surface area contributed by atoms with E-state index in [1.807, 2.05) is 33.2 Å². The lowest BCUT2D eigenvalue weighted by atomic mass is 10.0. The number of hydrogen-bond donors (Lipinski definition) is 1. The molecule has 0 amide bonds. The van der Waals surface area contributed by atoms with Crippen LogP contribution in [0.15, 0.2) is 53.3 Å². The van der Waals surface area contributed by atoms with Crippen LogP contribution < -0.4 is 10.6 Å². The number of fused-ring (bicyclic) bond motifs is 3. The van der Waals surface area contributed by atoms with E-state index >= 15 is 0 Å². The topological polar surface area (TPSA) is 53.4 Å². The number of hydrogen-bond acceptors (Lipinski definition) is 3. The minimum atomic E-state index is -0.214. The summed E-state index contributed by atoms with van der Waals surface area (Å²) < 4.78 is 1.63. The van der Waals surface area contributed by atoms with Gasteiger partial charge in [-0.15, -0.1) is 0 Å². The standard InChI is InChI=1S/C19H18N4O/c1-12-9-18-20-21-19(24)23(18)17-11-14(7-8-16(12)17)13-5-4-6-15(10-13)22(2)3/h4-11H,1-3H3,(H,21,24). The Balaban J connectivity index is 2.01. The molecule has 0 unspecified atom stereocenters. The monoisotopic (exact) mass is 318 g/mol. The van der Waals surface area contributed by atoms with Gasteiger partial charge < -0.3 is 4.90 Å². The average molecular weight is 318 g/mol. The lowest BCUT2D eigenvalue weighted by Crippen LogP contribution is -2.10. The van der Waals surface area contributed by atoms with Gasteiger partial charge in [-0.05, 0) is 47.9 Å². The van der Waals surface area contributed by atoms with Crippen molar-refractivity contribution in [2.24, 2.45) is 0 Å². The van der Waals surface area contributed by atoms with Crippen LogP contribution in [0, 0.1) is 6.92 Å². The molecule has 2 aromatic heterocycles. The molecule has 4 aromatic rings. The van der Waals surface area contributed by atoms with Crippen molar-refractivity contribution in [1.29, 1.82) is 0 Å². The molecule has 0 aliphatic rings. The third kappa shape index (κ3) is 2.17. The van der Waals surface area contributed by atoms with Crippen molar-refractivity contribution in [3.8, 4) is 11.1 Å². The minimum Gasteiger partial charge on any atom is -0.378 e. The predicted molar refractivity (Wildman–Crippen MR) is 97.8 cm³/mol. The fourth-order valence-electron chi connectivity index (χ4n) is 3.10. The van der Waals surface area contributed by atoms with Crippen molar-refractivity contribution in [2.75, 3.05) is 19.0 Å². The normalized spacial score (nSPS) is 11.3. The van der Waals surface area contributed by atoms with Crippen molar-refractivity contribution in [2.45, 2.75) is 6.92 Å². The van der Waals surface area contributed by atoms with Crippen LogP contribution in [0.4, 0.5) is 5.69 Å². The molecule has 0 aliphatic heterocycles. The molecule has 0 radical (unpaired) electrons. The Kier molecular flexibility index (Phi) is 3.16. The van der Waals surface area contributed by atoms with Gasteiger partial charge in [-0.1, -0.05) is 24.3 Å². The summed E-state index contributed by atoms with van der Waals surface area (Å²) in [5.74, 6) is 0. The largest absolute Gasteiger partial charge is 0.378 e. The van der Waals surface area contributed by atoms with Gasteiger partial charge in [0.05, 0.1) is 5.52 Å². The minimum absolute atomic E-state index is 0.214. The van der Waals surface area contributed by atoms with Crippen LogP contribution >= 0.6 is 0 Å². The van der Waals surface area contributed by atoms with Crippen molar-refractivity contribution in [1.82, 2.24) is 14.6 Å². The number of aromatic amines is 1. The summed E-state index contributed by atoms with van der Waals surface area (Å²) in [6.07, 6.45) is 0. The Labute approximate surface area is 139 Å². The van der Waals surface area contributed by atoms with Crippen molar-refractivity contribution >= 4 is 22.2 Å². The summed E-state index contributed by atoms with van der Waals surface area (Å²) in [6, 6.07) is 16.5. The molecule has 0 atom stereocenters. The zero-order chi connectivity index (χ0) is 16.8. The smallest absolute Gasteiger partial charge is 0.348 e. The zero-order valence-corrected chi connectivity index (χ0v) is 13.9. The van der Waals surface area contributed by atoms with E-state index in [0.717, 1.165) is 33.3 Å². The van der Waals surface area contributed by atoms with Gasteiger partial charge in [0.15, 0.2) is 5.65 Å². The Morgan fingerprint density at radius 1 is 1.04 bits per heavy atom. The Morgan fingerprint density at radius 2 is 1.83 bits per heavy atom. The van der Waals surface area contributed by atoms with Gasteiger partial charge in [-0.3, -0.25) is 0 Å². The van der Waals surface area contributed by atoms with E-state index in [4.69, 9.17) is 0 Å². The van der Waals surface area contributed by atoms with E-state index in [1.54, 1.807) is 4.40 Å². The number of H-pyrrole nitrogens is 1. The molecule has 2 heterocycles. The van der Waals surface area contributed by atoms with Crippen LogP contribution in [-0.2, 0) is 0 Å². The lowest BCUT2D eigenvalue weighted by molar-refractivity contribution is 1.04. The van der Waals surface area contributed by atoms with E-state index in [0.29, 0.717) is 5.65 Å². The third-order valence-electron chi connectivity index (χ3n) is 4.40. The van der Waals surface area contributed by atoms with E-state index in [1.165, 1.54) is 0 Å². The number of benzene rings is 2. The highest BCUT2D eigenvalue weighted by molar-refractivity contribution is 5.89. The maximum Gasteiger partial charge on any atom is 0.348 e. The molecule has 0 saturated heterocycles. The van der Waals surface area contributed by atoms with Crippen LogP contribution in [-0.4, -0.2) is 28.7 Å². The van der Waals surface area contributed by atoms with Gasteiger partial charge in [0.1, 0.15) is 0 Å². The van der Waals surface area contributed by atoms with E-state index in [9.17, 15) is 4.79 Å². The van der Waals surface area contributed by atoms with Gasteiger partial charge in [0.25, 0.3) is 0 Å². The molecule has 5 heteroatoms. The zero-order valence-electron chi connectivity index (χ0n) is 13.9. The number of aryl methyl sites for hydroxylation is 1. The molecule has 2 aromatic carbocycles. The number of aromatic nitrogens is 3.